The van der Waals surface area contributed by atoms with Crippen molar-refractivity contribution >= 4 is 41.2 Å². The molecule has 3 aromatic carbocycles. The number of carbonyl (C=O) groups excluding carboxylic acids is 2. The van der Waals surface area contributed by atoms with E-state index in [4.69, 9.17) is 32.7 Å². The van der Waals surface area contributed by atoms with Crippen LogP contribution >= 0.6 is 23.2 Å². The lowest BCUT2D eigenvalue weighted by Crippen LogP contribution is -2.50. The summed E-state index contributed by atoms with van der Waals surface area (Å²) < 4.78 is 11.2. The third-order valence-corrected chi connectivity index (χ3v) is 6.63. The summed E-state index contributed by atoms with van der Waals surface area (Å²) in [5.74, 6) is 0.433. The van der Waals surface area contributed by atoms with Gasteiger partial charge in [-0.05, 0) is 72.4 Å². The minimum absolute atomic E-state index is 0.250. The van der Waals surface area contributed by atoms with Gasteiger partial charge in [-0.2, -0.15) is 5.10 Å². The summed E-state index contributed by atoms with van der Waals surface area (Å²) in [6, 6.07) is 17.2. The molecule has 3 rings (SSSR count). The van der Waals surface area contributed by atoms with Crippen molar-refractivity contribution in [3.63, 3.8) is 0 Å². The average molecular weight is 571 g/mol. The Balaban J connectivity index is 1.74. The van der Waals surface area contributed by atoms with Gasteiger partial charge in [0.25, 0.3) is 11.8 Å². The SMILES string of the molecule is COc1cc(C)c(/C=N\NC(=O)[C@@H](Cc2ccccc2)NC(=O)[C@@H](C)Oc2ccc(Cl)cc2Cl)cc1C(C)C. The fraction of sp³-hybridized carbons (Fsp3) is 0.300. The quantitative estimate of drug-likeness (QED) is 0.216. The summed E-state index contributed by atoms with van der Waals surface area (Å²) in [6.45, 7) is 7.69. The highest BCUT2D eigenvalue weighted by atomic mass is 35.5. The fourth-order valence-electron chi connectivity index (χ4n) is 3.89. The van der Waals surface area contributed by atoms with Gasteiger partial charge in [0, 0.05) is 11.4 Å². The van der Waals surface area contributed by atoms with Crippen LogP contribution in [0.5, 0.6) is 11.5 Å². The van der Waals surface area contributed by atoms with Crippen molar-refractivity contribution in [1.82, 2.24) is 10.7 Å². The minimum Gasteiger partial charge on any atom is -0.496 e. The lowest BCUT2D eigenvalue weighted by atomic mass is 9.97. The molecule has 2 N–H and O–H groups in total. The van der Waals surface area contributed by atoms with E-state index in [1.54, 1.807) is 32.4 Å². The van der Waals surface area contributed by atoms with Crippen molar-refractivity contribution in [2.45, 2.75) is 52.2 Å². The lowest BCUT2D eigenvalue weighted by molar-refractivity contribution is -0.132. The second kappa shape index (κ2) is 14.0. The normalized spacial score (nSPS) is 12.7. The Bertz CT molecular complexity index is 1330. The largest absolute Gasteiger partial charge is 0.496 e. The van der Waals surface area contributed by atoms with Crippen LogP contribution in [0.1, 0.15) is 48.9 Å². The maximum absolute atomic E-state index is 13.2. The van der Waals surface area contributed by atoms with E-state index in [-0.39, 0.29) is 17.4 Å². The number of halogens is 2. The topological polar surface area (TPSA) is 89.0 Å². The number of carbonyl (C=O) groups is 2. The van der Waals surface area contributed by atoms with Gasteiger partial charge < -0.3 is 14.8 Å². The number of methoxy groups -OCH3 is 1. The Morgan fingerprint density at radius 1 is 0.974 bits per heavy atom. The maximum atomic E-state index is 13.2. The van der Waals surface area contributed by atoms with Crippen LogP contribution in [0.15, 0.2) is 65.8 Å². The molecule has 39 heavy (non-hydrogen) atoms. The van der Waals surface area contributed by atoms with Crippen LogP contribution in [0.3, 0.4) is 0 Å². The monoisotopic (exact) mass is 569 g/mol. The van der Waals surface area contributed by atoms with Crippen LogP contribution in [-0.4, -0.2) is 37.3 Å². The number of hydrogen-bond acceptors (Lipinski definition) is 5. The molecule has 9 heteroatoms. The van der Waals surface area contributed by atoms with Crippen LogP contribution in [0.2, 0.25) is 10.0 Å². The third kappa shape index (κ3) is 8.47. The smallest absolute Gasteiger partial charge is 0.262 e. The van der Waals surface area contributed by atoms with Gasteiger partial charge in [-0.3, -0.25) is 9.59 Å². The zero-order chi connectivity index (χ0) is 28.5. The first-order chi connectivity index (χ1) is 18.6. The molecule has 0 aromatic heterocycles. The summed E-state index contributed by atoms with van der Waals surface area (Å²) in [6.07, 6.45) is 0.935. The van der Waals surface area contributed by atoms with Gasteiger partial charge in [0.05, 0.1) is 18.3 Å². The van der Waals surface area contributed by atoms with Gasteiger partial charge in [-0.15, -0.1) is 0 Å². The molecule has 0 heterocycles. The zero-order valence-electron chi connectivity index (χ0n) is 22.6. The molecule has 7 nitrogen and oxygen atoms in total. The Morgan fingerprint density at radius 2 is 1.69 bits per heavy atom. The van der Waals surface area contributed by atoms with Gasteiger partial charge in [-0.1, -0.05) is 67.4 Å². The number of nitrogens with zero attached hydrogens (tertiary/aromatic N) is 1. The molecule has 206 valence electrons. The van der Waals surface area contributed by atoms with Crippen LogP contribution in [0.4, 0.5) is 0 Å². The number of nitrogens with one attached hydrogen (secondary N) is 2. The molecule has 2 atom stereocenters. The third-order valence-electron chi connectivity index (χ3n) is 6.10. The Kier molecular flexibility index (Phi) is 10.8. The molecule has 0 saturated heterocycles. The van der Waals surface area contributed by atoms with E-state index in [2.05, 4.69) is 29.7 Å². The number of hydrazone groups is 1. The van der Waals surface area contributed by atoms with Crippen LogP contribution in [0.25, 0.3) is 0 Å². The van der Waals surface area contributed by atoms with E-state index in [0.717, 1.165) is 28.0 Å². The predicted molar refractivity (Wildman–Crippen MR) is 156 cm³/mol. The second-order valence-corrected chi connectivity index (χ2v) is 10.3. The Morgan fingerprint density at radius 3 is 2.33 bits per heavy atom. The van der Waals surface area contributed by atoms with Crippen molar-refractivity contribution in [2.24, 2.45) is 5.10 Å². The van der Waals surface area contributed by atoms with Crippen molar-refractivity contribution in [2.75, 3.05) is 7.11 Å². The van der Waals surface area contributed by atoms with Crippen LogP contribution in [0, 0.1) is 6.92 Å². The molecule has 0 radical (unpaired) electrons. The van der Waals surface area contributed by atoms with Crippen molar-refractivity contribution in [3.05, 3.63) is 93.0 Å². The number of amides is 2. The highest BCUT2D eigenvalue weighted by molar-refractivity contribution is 6.35. The van der Waals surface area contributed by atoms with Crippen molar-refractivity contribution < 1.29 is 19.1 Å². The summed E-state index contributed by atoms with van der Waals surface area (Å²) in [4.78, 5) is 26.2. The molecule has 0 bridgehead atoms. The number of benzene rings is 3. The first kappa shape index (κ1) is 30.0. The Hall–Kier alpha value is -3.55. The van der Waals surface area contributed by atoms with Crippen LogP contribution in [-0.2, 0) is 16.0 Å². The number of rotatable bonds is 11. The molecular weight excluding hydrogens is 537 g/mol. The summed E-state index contributed by atoms with van der Waals surface area (Å²) in [7, 11) is 1.64. The molecule has 0 spiro atoms. The highest BCUT2D eigenvalue weighted by Crippen LogP contribution is 2.29. The summed E-state index contributed by atoms with van der Waals surface area (Å²) >= 11 is 12.1. The number of aryl methyl sites for hydroxylation is 1. The van der Waals surface area contributed by atoms with Gasteiger partial charge in [-0.25, -0.2) is 5.43 Å². The fourth-order valence-corrected chi connectivity index (χ4v) is 4.34. The molecule has 0 saturated carbocycles. The Labute approximate surface area is 239 Å². The average Bonchev–Trinajstić information content (AvgIpc) is 2.90. The minimum atomic E-state index is -0.922. The molecule has 2 amide bonds. The molecule has 3 aromatic rings. The summed E-state index contributed by atoms with van der Waals surface area (Å²) in [5, 5.41) is 7.70. The van der Waals surface area contributed by atoms with E-state index in [0.29, 0.717) is 10.8 Å². The van der Waals surface area contributed by atoms with E-state index >= 15 is 0 Å². The van der Waals surface area contributed by atoms with E-state index in [1.165, 1.54) is 6.07 Å². The molecular formula is C30H33Cl2N3O4. The standard InChI is InChI=1S/C30H33Cl2N3O4/c1-18(2)24-15-22(19(3)13-28(24)38-5)17-33-35-30(37)26(14-21-9-7-6-8-10-21)34-29(36)20(4)39-27-12-11-23(31)16-25(27)32/h6-13,15-18,20,26H,14H2,1-5H3,(H,34,36)(H,35,37)/b33-17-/t20-,26-/m1/s1. The van der Waals surface area contributed by atoms with Gasteiger partial charge in [0.2, 0.25) is 0 Å². The zero-order valence-corrected chi connectivity index (χ0v) is 24.1. The van der Waals surface area contributed by atoms with E-state index < -0.39 is 24.0 Å². The maximum Gasteiger partial charge on any atom is 0.262 e. The number of ether oxygens (including phenoxy) is 2. The van der Waals surface area contributed by atoms with E-state index in [1.807, 2.05) is 49.4 Å². The highest BCUT2D eigenvalue weighted by Gasteiger charge is 2.25. The van der Waals surface area contributed by atoms with Gasteiger partial charge >= 0.3 is 0 Å². The van der Waals surface area contributed by atoms with E-state index in [9.17, 15) is 9.59 Å². The summed E-state index contributed by atoms with van der Waals surface area (Å²) in [5.41, 5.74) is 6.30. The molecule has 0 unspecified atom stereocenters. The molecule has 0 fully saturated rings. The van der Waals surface area contributed by atoms with Gasteiger partial charge in [0.1, 0.15) is 17.5 Å². The van der Waals surface area contributed by atoms with Gasteiger partial charge in [0.15, 0.2) is 6.10 Å². The van der Waals surface area contributed by atoms with Crippen molar-refractivity contribution in [3.8, 4) is 11.5 Å². The number of hydrogen-bond donors (Lipinski definition) is 2. The molecule has 0 aliphatic carbocycles. The van der Waals surface area contributed by atoms with Crippen LogP contribution < -0.4 is 20.2 Å². The lowest BCUT2D eigenvalue weighted by Gasteiger charge is -2.21. The second-order valence-electron chi connectivity index (χ2n) is 9.43. The first-order valence-electron chi connectivity index (χ1n) is 12.6. The molecule has 0 aliphatic rings. The first-order valence-corrected chi connectivity index (χ1v) is 13.3. The molecule has 0 aliphatic heterocycles. The predicted octanol–water partition coefficient (Wildman–Crippen LogP) is 6.08. The van der Waals surface area contributed by atoms with Crippen molar-refractivity contribution in [1.29, 1.82) is 0 Å².